The van der Waals surface area contributed by atoms with Crippen molar-refractivity contribution in [3.8, 4) is 11.5 Å². The number of carbonyl (C=O) groups is 2. The van der Waals surface area contributed by atoms with Gasteiger partial charge in [-0.1, -0.05) is 11.6 Å². The van der Waals surface area contributed by atoms with E-state index in [1.54, 1.807) is 19.1 Å². The highest BCUT2D eigenvalue weighted by molar-refractivity contribution is 6.33. The van der Waals surface area contributed by atoms with Crippen molar-refractivity contribution in [3.05, 3.63) is 17.2 Å². The highest BCUT2D eigenvalue weighted by Gasteiger charge is 2.15. The van der Waals surface area contributed by atoms with Crippen molar-refractivity contribution >= 4 is 29.2 Å². The topological polar surface area (TPSA) is 88.7 Å². The molecule has 0 radical (unpaired) electrons. The van der Waals surface area contributed by atoms with Gasteiger partial charge in [-0.25, -0.2) is 4.79 Å². The van der Waals surface area contributed by atoms with Crippen LogP contribution in [0.2, 0.25) is 5.02 Å². The Bertz CT molecular complexity index is 550. The molecule has 1 aromatic carbocycles. The molecule has 7 nitrogen and oxygen atoms in total. The molecule has 0 spiro atoms. The van der Waals surface area contributed by atoms with Gasteiger partial charge in [-0.2, -0.15) is 0 Å². The number of fused-ring (bicyclic) bond motifs is 1. The maximum Gasteiger partial charge on any atom is 0.321 e. The number of imide groups is 1. The molecule has 0 aromatic heterocycles. The third kappa shape index (κ3) is 4.16. The zero-order chi connectivity index (χ0) is 15.2. The normalized spacial score (nSPS) is 12.5. The minimum Gasteiger partial charge on any atom is -0.486 e. The highest BCUT2D eigenvalue weighted by atomic mass is 35.5. The van der Waals surface area contributed by atoms with Crippen LogP contribution in [0.25, 0.3) is 0 Å². The number of anilines is 1. The van der Waals surface area contributed by atoms with Gasteiger partial charge in [-0.05, 0) is 6.92 Å². The first-order valence-corrected chi connectivity index (χ1v) is 6.88. The third-order valence-corrected chi connectivity index (χ3v) is 2.97. The summed E-state index contributed by atoms with van der Waals surface area (Å²) in [6.07, 6.45) is 0. The molecule has 3 N–H and O–H groups in total. The zero-order valence-electron chi connectivity index (χ0n) is 11.5. The minimum atomic E-state index is -0.530. The van der Waals surface area contributed by atoms with Gasteiger partial charge in [0.1, 0.15) is 13.2 Å². The molecule has 0 aliphatic carbocycles. The molecule has 0 unspecified atom stereocenters. The van der Waals surface area contributed by atoms with Crippen LogP contribution in [0.1, 0.15) is 6.92 Å². The Labute approximate surface area is 126 Å². The smallest absolute Gasteiger partial charge is 0.321 e. The molecule has 3 amide bonds. The Balaban J connectivity index is 1.94. The summed E-state index contributed by atoms with van der Waals surface area (Å²) in [5.41, 5.74) is 0.534. The molecule has 1 heterocycles. The Kier molecular flexibility index (Phi) is 5.10. The van der Waals surface area contributed by atoms with Crippen LogP contribution in [0.4, 0.5) is 10.5 Å². The van der Waals surface area contributed by atoms with Crippen molar-refractivity contribution in [3.63, 3.8) is 0 Å². The second-order valence-electron chi connectivity index (χ2n) is 4.24. The van der Waals surface area contributed by atoms with Gasteiger partial charge in [0.25, 0.3) is 0 Å². The molecule has 114 valence electrons. The Morgan fingerprint density at radius 3 is 2.57 bits per heavy atom. The molecule has 0 bridgehead atoms. The van der Waals surface area contributed by atoms with Gasteiger partial charge in [-0.15, -0.1) is 0 Å². The lowest BCUT2D eigenvalue weighted by Crippen LogP contribution is -2.41. The summed E-state index contributed by atoms with van der Waals surface area (Å²) in [4.78, 5) is 22.8. The Morgan fingerprint density at radius 2 is 1.90 bits per heavy atom. The van der Waals surface area contributed by atoms with Crippen LogP contribution in [0.15, 0.2) is 12.1 Å². The number of halogens is 1. The van der Waals surface area contributed by atoms with E-state index in [2.05, 4.69) is 16.0 Å². The van der Waals surface area contributed by atoms with E-state index in [9.17, 15) is 9.59 Å². The lowest BCUT2D eigenvalue weighted by atomic mass is 10.2. The predicted molar refractivity (Wildman–Crippen MR) is 78.1 cm³/mol. The fraction of sp³-hybridized carbons (Fsp3) is 0.385. The standard InChI is InChI=1S/C13H16ClN3O4/c1-2-15-13(19)17-12(18)7-16-9-6-11-10(5-8(9)14)20-3-4-21-11/h5-6,16H,2-4,7H2,1H3,(H2,15,17,18,19). The number of nitrogens with one attached hydrogen (secondary N) is 3. The van der Waals surface area contributed by atoms with E-state index in [1.165, 1.54) is 0 Å². The first-order valence-electron chi connectivity index (χ1n) is 6.51. The molecule has 2 rings (SSSR count). The second-order valence-corrected chi connectivity index (χ2v) is 4.64. The number of rotatable bonds is 4. The molecule has 0 saturated heterocycles. The summed E-state index contributed by atoms with van der Waals surface area (Å²) >= 11 is 6.09. The summed E-state index contributed by atoms with van der Waals surface area (Å²) in [6.45, 7) is 3.06. The van der Waals surface area contributed by atoms with Crippen molar-refractivity contribution in [2.24, 2.45) is 0 Å². The van der Waals surface area contributed by atoms with Crippen LogP contribution < -0.4 is 25.4 Å². The van der Waals surface area contributed by atoms with Crippen LogP contribution in [-0.2, 0) is 4.79 Å². The zero-order valence-corrected chi connectivity index (χ0v) is 12.3. The Morgan fingerprint density at radius 1 is 1.24 bits per heavy atom. The average molecular weight is 314 g/mol. The molecule has 0 atom stereocenters. The van der Waals surface area contributed by atoms with Crippen molar-refractivity contribution < 1.29 is 19.1 Å². The monoisotopic (exact) mass is 313 g/mol. The molecule has 0 fully saturated rings. The number of ether oxygens (including phenoxy) is 2. The van der Waals surface area contributed by atoms with Crippen molar-refractivity contribution in [2.45, 2.75) is 6.92 Å². The van der Waals surface area contributed by atoms with E-state index < -0.39 is 11.9 Å². The molecular weight excluding hydrogens is 298 g/mol. The summed E-state index contributed by atoms with van der Waals surface area (Å²) < 4.78 is 10.8. The predicted octanol–water partition coefficient (Wildman–Crippen LogP) is 1.37. The van der Waals surface area contributed by atoms with Crippen molar-refractivity contribution in [2.75, 3.05) is 31.6 Å². The van der Waals surface area contributed by atoms with E-state index in [-0.39, 0.29) is 6.54 Å². The summed E-state index contributed by atoms with van der Waals surface area (Å²) in [6, 6.07) is 2.76. The average Bonchev–Trinajstić information content (AvgIpc) is 2.45. The van der Waals surface area contributed by atoms with Gasteiger partial charge in [-0.3, -0.25) is 10.1 Å². The van der Waals surface area contributed by atoms with E-state index in [4.69, 9.17) is 21.1 Å². The van der Waals surface area contributed by atoms with Crippen LogP contribution >= 0.6 is 11.6 Å². The molecule has 1 aliphatic heterocycles. The number of carbonyl (C=O) groups excluding carboxylic acids is 2. The van der Waals surface area contributed by atoms with E-state index in [0.29, 0.717) is 42.0 Å². The van der Waals surface area contributed by atoms with Crippen LogP contribution in [0, 0.1) is 0 Å². The van der Waals surface area contributed by atoms with Gasteiger partial charge < -0.3 is 20.1 Å². The fourth-order valence-corrected chi connectivity index (χ4v) is 1.97. The van der Waals surface area contributed by atoms with Gasteiger partial charge in [0.2, 0.25) is 5.91 Å². The summed E-state index contributed by atoms with van der Waals surface area (Å²) in [7, 11) is 0. The third-order valence-electron chi connectivity index (χ3n) is 2.66. The quantitative estimate of drug-likeness (QED) is 0.781. The van der Waals surface area contributed by atoms with Gasteiger partial charge in [0, 0.05) is 18.7 Å². The van der Waals surface area contributed by atoms with E-state index in [0.717, 1.165) is 0 Å². The lowest BCUT2D eigenvalue weighted by molar-refractivity contribution is -0.118. The minimum absolute atomic E-state index is 0.0868. The van der Waals surface area contributed by atoms with Crippen molar-refractivity contribution in [1.29, 1.82) is 0 Å². The maximum atomic E-state index is 11.6. The van der Waals surface area contributed by atoms with E-state index in [1.807, 2.05) is 0 Å². The Hall–Kier alpha value is -2.15. The molecule has 21 heavy (non-hydrogen) atoms. The van der Waals surface area contributed by atoms with Gasteiger partial charge in [0.15, 0.2) is 11.5 Å². The maximum absolute atomic E-state index is 11.6. The number of urea groups is 1. The number of benzene rings is 1. The number of hydrogen-bond acceptors (Lipinski definition) is 5. The van der Waals surface area contributed by atoms with Gasteiger partial charge in [0.05, 0.1) is 17.3 Å². The van der Waals surface area contributed by atoms with E-state index >= 15 is 0 Å². The molecule has 8 heteroatoms. The first kappa shape index (κ1) is 15.2. The fourth-order valence-electron chi connectivity index (χ4n) is 1.75. The SMILES string of the molecule is CCNC(=O)NC(=O)CNc1cc2c(cc1Cl)OCCO2. The molecule has 0 saturated carbocycles. The largest absolute Gasteiger partial charge is 0.486 e. The first-order chi connectivity index (χ1) is 10.1. The summed E-state index contributed by atoms with van der Waals surface area (Å²) in [5.74, 6) is 0.674. The van der Waals surface area contributed by atoms with Crippen molar-refractivity contribution in [1.82, 2.24) is 10.6 Å². The summed E-state index contributed by atoms with van der Waals surface area (Å²) in [5, 5.41) is 7.91. The molecule has 1 aromatic rings. The molecule has 1 aliphatic rings. The van der Waals surface area contributed by atoms with Crippen LogP contribution in [-0.4, -0.2) is 38.2 Å². The van der Waals surface area contributed by atoms with Crippen LogP contribution in [0.5, 0.6) is 11.5 Å². The van der Waals surface area contributed by atoms with Crippen LogP contribution in [0.3, 0.4) is 0 Å². The lowest BCUT2D eigenvalue weighted by Gasteiger charge is -2.20. The highest BCUT2D eigenvalue weighted by Crippen LogP contribution is 2.37. The number of hydrogen-bond donors (Lipinski definition) is 3. The number of amides is 3. The second kappa shape index (κ2) is 7.03. The van der Waals surface area contributed by atoms with Gasteiger partial charge >= 0.3 is 6.03 Å². The molecular formula is C13H16ClN3O4.